The van der Waals surface area contributed by atoms with E-state index in [9.17, 15) is 4.79 Å². The van der Waals surface area contributed by atoms with Crippen molar-refractivity contribution in [2.75, 3.05) is 0 Å². The minimum Gasteiger partial charge on any atom is -0.481 e. The van der Waals surface area contributed by atoms with Crippen molar-refractivity contribution in [1.29, 1.82) is 0 Å². The molecule has 2 atom stereocenters. The summed E-state index contributed by atoms with van der Waals surface area (Å²) in [5, 5.41) is 8.82. The second kappa shape index (κ2) is 22.2. The number of carboxylic acid groups (broad SMARTS) is 1. The third-order valence-electron chi connectivity index (χ3n) is 6.71. The van der Waals surface area contributed by atoms with Gasteiger partial charge in [-0.05, 0) is 18.3 Å². The minimum atomic E-state index is -0.642. The summed E-state index contributed by atoms with van der Waals surface area (Å²) in [6, 6.07) is 0. The molecule has 2 unspecified atom stereocenters. The lowest BCUT2D eigenvalue weighted by molar-refractivity contribution is -0.137. The van der Waals surface area contributed by atoms with E-state index < -0.39 is 5.97 Å². The van der Waals surface area contributed by atoms with Gasteiger partial charge in [0.2, 0.25) is 0 Å². The second-order valence-electron chi connectivity index (χ2n) is 9.55. The molecule has 2 heteroatoms. The fourth-order valence-electron chi connectivity index (χ4n) is 4.60. The van der Waals surface area contributed by atoms with E-state index in [1.54, 1.807) is 0 Å². The Labute approximate surface area is 183 Å². The van der Waals surface area contributed by atoms with Crippen molar-refractivity contribution >= 4 is 5.97 Å². The van der Waals surface area contributed by atoms with Crippen molar-refractivity contribution in [2.45, 2.75) is 156 Å². The Morgan fingerprint density at radius 2 is 0.966 bits per heavy atom. The van der Waals surface area contributed by atoms with Crippen LogP contribution in [0.15, 0.2) is 0 Å². The van der Waals surface area contributed by atoms with E-state index in [1.165, 1.54) is 116 Å². The first-order chi connectivity index (χ1) is 14.1. The molecule has 0 bridgehead atoms. The highest BCUT2D eigenvalue weighted by Gasteiger charge is 2.16. The Bertz CT molecular complexity index is 339. The summed E-state index contributed by atoms with van der Waals surface area (Å²) in [5.74, 6) is 1.05. The number of hydrogen-bond donors (Lipinski definition) is 1. The molecule has 2 nitrogen and oxygen atoms in total. The van der Waals surface area contributed by atoms with Gasteiger partial charge in [-0.1, -0.05) is 143 Å². The van der Waals surface area contributed by atoms with Crippen molar-refractivity contribution in [3.05, 3.63) is 0 Å². The zero-order valence-electron chi connectivity index (χ0n) is 20.4. The maximum atomic E-state index is 10.7. The number of hydrogen-bond acceptors (Lipinski definition) is 1. The van der Waals surface area contributed by atoms with Crippen LogP contribution in [0.5, 0.6) is 0 Å². The first kappa shape index (κ1) is 28.5. The van der Waals surface area contributed by atoms with Crippen LogP contribution < -0.4 is 0 Å². The van der Waals surface area contributed by atoms with Crippen LogP contribution in [0.25, 0.3) is 0 Å². The van der Waals surface area contributed by atoms with Crippen LogP contribution in [0, 0.1) is 11.8 Å². The molecular weight excluding hydrogens is 356 g/mol. The Hall–Kier alpha value is -0.530. The topological polar surface area (TPSA) is 37.3 Å². The van der Waals surface area contributed by atoms with Gasteiger partial charge in [0.1, 0.15) is 0 Å². The van der Waals surface area contributed by atoms with Gasteiger partial charge >= 0.3 is 5.97 Å². The van der Waals surface area contributed by atoms with E-state index in [1.807, 2.05) is 0 Å². The lowest BCUT2D eigenvalue weighted by Crippen LogP contribution is -2.12. The van der Waals surface area contributed by atoms with Gasteiger partial charge in [0.05, 0.1) is 0 Å². The van der Waals surface area contributed by atoms with Gasteiger partial charge in [-0.15, -0.1) is 0 Å². The molecule has 174 valence electrons. The molecule has 0 aliphatic rings. The summed E-state index contributed by atoms with van der Waals surface area (Å²) in [6.07, 6.45) is 27.2. The second-order valence-corrected chi connectivity index (χ2v) is 9.55. The molecule has 0 saturated carbocycles. The standard InChI is InChI=1S/C27H54O2/c1-4-6-8-10-12-14-17-21-25(3)26(23-19-16-20-24-27(28)29)22-18-15-13-11-9-7-5-2/h25-26H,4-24H2,1-3H3,(H,28,29). The van der Waals surface area contributed by atoms with E-state index >= 15 is 0 Å². The SMILES string of the molecule is CCCCCCCCCC(C)C(CCCCCCCCC)CCCCCC(=O)O. The van der Waals surface area contributed by atoms with Crippen molar-refractivity contribution in [3.63, 3.8) is 0 Å². The lowest BCUT2D eigenvalue weighted by Gasteiger charge is -2.24. The quantitative estimate of drug-likeness (QED) is 0.170. The van der Waals surface area contributed by atoms with Crippen LogP contribution in [0.4, 0.5) is 0 Å². The smallest absolute Gasteiger partial charge is 0.303 e. The van der Waals surface area contributed by atoms with Gasteiger partial charge in [-0.3, -0.25) is 4.79 Å². The zero-order chi connectivity index (χ0) is 21.6. The van der Waals surface area contributed by atoms with Gasteiger partial charge in [-0.25, -0.2) is 0 Å². The third-order valence-corrected chi connectivity index (χ3v) is 6.71. The van der Waals surface area contributed by atoms with Crippen LogP contribution in [-0.4, -0.2) is 11.1 Å². The van der Waals surface area contributed by atoms with E-state index in [4.69, 9.17) is 5.11 Å². The van der Waals surface area contributed by atoms with E-state index in [0.29, 0.717) is 6.42 Å². The predicted octanol–water partition coefficient (Wildman–Crippen LogP) is 9.56. The molecule has 0 aromatic heterocycles. The molecule has 29 heavy (non-hydrogen) atoms. The Morgan fingerprint density at radius 1 is 0.586 bits per heavy atom. The van der Waals surface area contributed by atoms with E-state index in [0.717, 1.165) is 24.7 Å². The molecule has 1 N–H and O–H groups in total. The van der Waals surface area contributed by atoms with E-state index in [2.05, 4.69) is 20.8 Å². The molecule has 0 aliphatic heterocycles. The molecule has 0 aliphatic carbocycles. The van der Waals surface area contributed by atoms with Crippen LogP contribution >= 0.6 is 0 Å². The van der Waals surface area contributed by atoms with Gasteiger partial charge in [0, 0.05) is 6.42 Å². The van der Waals surface area contributed by atoms with Gasteiger partial charge in [-0.2, -0.15) is 0 Å². The van der Waals surface area contributed by atoms with Crippen LogP contribution in [0.1, 0.15) is 156 Å². The van der Waals surface area contributed by atoms with Crippen LogP contribution in [0.3, 0.4) is 0 Å². The fourth-order valence-corrected chi connectivity index (χ4v) is 4.60. The van der Waals surface area contributed by atoms with Crippen LogP contribution in [-0.2, 0) is 4.79 Å². The normalized spacial score (nSPS) is 13.5. The highest BCUT2D eigenvalue weighted by molar-refractivity contribution is 5.66. The molecule has 0 aromatic rings. The number of carbonyl (C=O) groups is 1. The van der Waals surface area contributed by atoms with Gasteiger partial charge < -0.3 is 5.11 Å². The first-order valence-corrected chi connectivity index (χ1v) is 13.3. The highest BCUT2D eigenvalue weighted by atomic mass is 16.4. The predicted molar refractivity (Wildman–Crippen MR) is 129 cm³/mol. The minimum absolute atomic E-state index is 0.343. The number of aliphatic carboxylic acids is 1. The monoisotopic (exact) mass is 410 g/mol. The Kier molecular flexibility index (Phi) is 21.8. The van der Waals surface area contributed by atoms with Crippen molar-refractivity contribution in [3.8, 4) is 0 Å². The molecule has 0 rings (SSSR count). The van der Waals surface area contributed by atoms with Gasteiger partial charge in [0.15, 0.2) is 0 Å². The fraction of sp³-hybridized carbons (Fsp3) is 0.963. The molecule has 0 aromatic carbocycles. The number of rotatable bonds is 23. The molecule has 0 fully saturated rings. The maximum absolute atomic E-state index is 10.7. The van der Waals surface area contributed by atoms with Crippen molar-refractivity contribution < 1.29 is 9.90 Å². The highest BCUT2D eigenvalue weighted by Crippen LogP contribution is 2.29. The summed E-state index contributed by atoms with van der Waals surface area (Å²) in [5.41, 5.74) is 0. The summed E-state index contributed by atoms with van der Waals surface area (Å²) in [6.45, 7) is 7.06. The molecule has 0 heterocycles. The summed E-state index contributed by atoms with van der Waals surface area (Å²) < 4.78 is 0. The van der Waals surface area contributed by atoms with Crippen LogP contribution in [0.2, 0.25) is 0 Å². The first-order valence-electron chi connectivity index (χ1n) is 13.3. The third kappa shape index (κ3) is 20.5. The largest absolute Gasteiger partial charge is 0.481 e. The number of unbranched alkanes of at least 4 members (excludes halogenated alkanes) is 14. The Balaban J connectivity index is 4.05. The van der Waals surface area contributed by atoms with E-state index in [-0.39, 0.29) is 0 Å². The average molecular weight is 411 g/mol. The summed E-state index contributed by atoms with van der Waals surface area (Å²) in [7, 11) is 0. The van der Waals surface area contributed by atoms with Gasteiger partial charge in [0.25, 0.3) is 0 Å². The molecule has 0 saturated heterocycles. The maximum Gasteiger partial charge on any atom is 0.303 e. The Morgan fingerprint density at radius 3 is 1.41 bits per heavy atom. The van der Waals surface area contributed by atoms with Crippen molar-refractivity contribution in [2.24, 2.45) is 11.8 Å². The van der Waals surface area contributed by atoms with Crippen molar-refractivity contribution in [1.82, 2.24) is 0 Å². The lowest BCUT2D eigenvalue weighted by atomic mass is 9.82. The summed E-state index contributed by atoms with van der Waals surface area (Å²) in [4.78, 5) is 10.7. The molecular formula is C27H54O2. The zero-order valence-corrected chi connectivity index (χ0v) is 20.4. The molecule has 0 amide bonds. The average Bonchev–Trinajstić information content (AvgIpc) is 2.70. The molecule has 0 radical (unpaired) electrons. The summed E-state index contributed by atoms with van der Waals surface area (Å²) >= 11 is 0. The number of carboxylic acids is 1. The molecule has 0 spiro atoms.